The molecule has 0 aliphatic carbocycles. The van der Waals surface area contributed by atoms with Crippen LogP contribution in [0.4, 0.5) is 0 Å². The monoisotopic (exact) mass is 286 g/mol. The third-order valence-electron chi connectivity index (χ3n) is 2.13. The molecule has 0 saturated carbocycles. The van der Waals surface area contributed by atoms with E-state index >= 15 is 0 Å². The molecule has 2 aromatic rings. The summed E-state index contributed by atoms with van der Waals surface area (Å²) in [5.41, 5.74) is 1.35. The molecule has 0 aliphatic heterocycles. The lowest BCUT2D eigenvalue weighted by atomic mass is 10.0. The topological polar surface area (TPSA) is 33.4 Å². The van der Waals surface area contributed by atoms with E-state index in [2.05, 4.69) is 15.9 Å². The van der Waals surface area contributed by atoms with Crippen molar-refractivity contribution in [2.24, 2.45) is 0 Å². The molecule has 2 nitrogen and oxygen atoms in total. The van der Waals surface area contributed by atoms with Gasteiger partial charge in [-0.25, -0.2) is 0 Å². The predicted molar refractivity (Wildman–Crippen MR) is 61.9 cm³/mol. The van der Waals surface area contributed by atoms with Gasteiger partial charge < -0.3 is 9.52 Å². The van der Waals surface area contributed by atoms with Gasteiger partial charge in [0.15, 0.2) is 0 Å². The van der Waals surface area contributed by atoms with Crippen molar-refractivity contribution in [1.82, 2.24) is 0 Å². The van der Waals surface area contributed by atoms with E-state index < -0.39 is 6.10 Å². The van der Waals surface area contributed by atoms with Gasteiger partial charge in [0.05, 0.1) is 17.5 Å². The maximum absolute atomic E-state index is 10.0. The summed E-state index contributed by atoms with van der Waals surface area (Å²) in [5, 5.41) is 10.5. The zero-order valence-electron chi connectivity index (χ0n) is 7.65. The Hall–Kier alpha value is -0.770. The second kappa shape index (κ2) is 4.39. The Morgan fingerprint density at radius 2 is 2.13 bits per heavy atom. The molecule has 0 amide bonds. The molecule has 0 aliphatic rings. The summed E-state index contributed by atoms with van der Waals surface area (Å²) >= 11 is 9.38. The molecule has 1 N–H and O–H groups in total. The van der Waals surface area contributed by atoms with Crippen LogP contribution in [0.3, 0.4) is 0 Å². The fourth-order valence-corrected chi connectivity index (χ4v) is 1.95. The van der Waals surface area contributed by atoms with Crippen LogP contribution in [0.2, 0.25) is 5.02 Å². The van der Waals surface area contributed by atoms with Crippen LogP contribution in [0.15, 0.2) is 45.7 Å². The van der Waals surface area contributed by atoms with E-state index in [9.17, 15) is 5.11 Å². The smallest absolute Gasteiger partial charge is 0.109 e. The Labute approximate surface area is 101 Å². The Morgan fingerprint density at radius 3 is 2.80 bits per heavy atom. The van der Waals surface area contributed by atoms with E-state index in [1.54, 1.807) is 12.1 Å². The molecule has 1 aromatic carbocycles. The third kappa shape index (κ3) is 2.09. The lowest BCUT2D eigenvalue weighted by Crippen LogP contribution is -1.98. The summed E-state index contributed by atoms with van der Waals surface area (Å²) in [6.07, 6.45) is 2.26. The Bertz CT molecular complexity index is 454. The van der Waals surface area contributed by atoms with Crippen molar-refractivity contribution < 1.29 is 9.52 Å². The Morgan fingerprint density at radius 1 is 1.33 bits per heavy atom. The highest BCUT2D eigenvalue weighted by atomic mass is 79.9. The molecule has 15 heavy (non-hydrogen) atoms. The molecule has 0 bridgehead atoms. The standard InChI is InChI=1S/C11H8BrClO2/c12-9-3-1-2-8(10(9)13)11(14)7-4-5-15-6-7/h1-6,11,14H. The van der Waals surface area contributed by atoms with Crippen molar-refractivity contribution in [1.29, 1.82) is 0 Å². The minimum atomic E-state index is -0.756. The molecular formula is C11H8BrClO2. The predicted octanol–water partition coefficient (Wildman–Crippen LogP) is 3.78. The summed E-state index contributed by atoms with van der Waals surface area (Å²) < 4.78 is 5.68. The molecular weight excluding hydrogens is 279 g/mol. The number of benzene rings is 1. The molecule has 4 heteroatoms. The van der Waals surface area contributed by atoms with Gasteiger partial charge in [-0.15, -0.1) is 0 Å². The van der Waals surface area contributed by atoms with E-state index in [0.29, 0.717) is 16.1 Å². The van der Waals surface area contributed by atoms with Crippen molar-refractivity contribution in [3.05, 3.63) is 57.4 Å². The van der Waals surface area contributed by atoms with Crippen LogP contribution in [0.1, 0.15) is 17.2 Å². The molecule has 1 aromatic heterocycles. The first-order chi connectivity index (χ1) is 7.20. The van der Waals surface area contributed by atoms with Crippen molar-refractivity contribution in [2.75, 3.05) is 0 Å². The SMILES string of the molecule is OC(c1ccoc1)c1cccc(Br)c1Cl. The number of aliphatic hydroxyl groups excluding tert-OH is 1. The minimum absolute atomic E-state index is 0.520. The van der Waals surface area contributed by atoms with Crippen LogP contribution < -0.4 is 0 Å². The fraction of sp³-hybridized carbons (Fsp3) is 0.0909. The van der Waals surface area contributed by atoms with Crippen molar-refractivity contribution in [3.8, 4) is 0 Å². The zero-order chi connectivity index (χ0) is 10.8. The number of hydrogen-bond donors (Lipinski definition) is 1. The van der Waals surface area contributed by atoms with E-state index in [1.165, 1.54) is 12.5 Å². The minimum Gasteiger partial charge on any atom is -0.472 e. The van der Waals surface area contributed by atoms with Gasteiger partial charge in [-0.3, -0.25) is 0 Å². The van der Waals surface area contributed by atoms with Crippen LogP contribution >= 0.6 is 27.5 Å². The molecule has 1 heterocycles. The van der Waals surface area contributed by atoms with Gasteiger partial charge in [0.2, 0.25) is 0 Å². The first-order valence-electron chi connectivity index (χ1n) is 4.34. The quantitative estimate of drug-likeness (QED) is 0.912. The zero-order valence-corrected chi connectivity index (χ0v) is 9.99. The molecule has 78 valence electrons. The van der Waals surface area contributed by atoms with Crippen molar-refractivity contribution in [3.63, 3.8) is 0 Å². The van der Waals surface area contributed by atoms with E-state index in [0.717, 1.165) is 4.47 Å². The van der Waals surface area contributed by atoms with Crippen LogP contribution in [-0.2, 0) is 0 Å². The number of furan rings is 1. The van der Waals surface area contributed by atoms with Gasteiger partial charge in [-0.2, -0.15) is 0 Å². The first kappa shape index (κ1) is 10.7. The molecule has 0 fully saturated rings. The summed E-state index contributed by atoms with van der Waals surface area (Å²) in [7, 11) is 0. The molecule has 0 spiro atoms. The van der Waals surface area contributed by atoms with Crippen LogP contribution in [0.5, 0.6) is 0 Å². The summed E-state index contributed by atoms with van der Waals surface area (Å²) in [4.78, 5) is 0. The highest BCUT2D eigenvalue weighted by molar-refractivity contribution is 9.10. The fourth-order valence-electron chi connectivity index (χ4n) is 1.34. The van der Waals surface area contributed by atoms with Gasteiger partial charge in [-0.05, 0) is 28.1 Å². The lowest BCUT2D eigenvalue weighted by Gasteiger charge is -2.11. The van der Waals surface area contributed by atoms with Gasteiger partial charge in [-0.1, -0.05) is 23.7 Å². The summed E-state index contributed by atoms with van der Waals surface area (Å²) in [6, 6.07) is 7.15. The van der Waals surface area contributed by atoms with Crippen LogP contribution in [0.25, 0.3) is 0 Å². The highest BCUT2D eigenvalue weighted by Gasteiger charge is 2.15. The average Bonchev–Trinajstić information content (AvgIpc) is 2.74. The van der Waals surface area contributed by atoms with E-state index in [4.69, 9.17) is 16.0 Å². The molecule has 0 radical (unpaired) electrons. The Kier molecular flexibility index (Phi) is 3.14. The van der Waals surface area contributed by atoms with E-state index in [-0.39, 0.29) is 0 Å². The number of halogens is 2. The third-order valence-corrected chi connectivity index (χ3v) is 3.45. The average molecular weight is 288 g/mol. The van der Waals surface area contributed by atoms with E-state index in [1.807, 2.05) is 12.1 Å². The number of aliphatic hydroxyl groups is 1. The van der Waals surface area contributed by atoms with Crippen molar-refractivity contribution in [2.45, 2.75) is 6.10 Å². The second-order valence-corrected chi connectivity index (χ2v) is 4.33. The maximum atomic E-state index is 10.0. The molecule has 1 unspecified atom stereocenters. The Balaban J connectivity index is 2.42. The first-order valence-corrected chi connectivity index (χ1v) is 5.51. The highest BCUT2D eigenvalue weighted by Crippen LogP contribution is 2.33. The van der Waals surface area contributed by atoms with Gasteiger partial charge in [0.1, 0.15) is 6.10 Å². The van der Waals surface area contributed by atoms with Gasteiger partial charge >= 0.3 is 0 Å². The van der Waals surface area contributed by atoms with Crippen LogP contribution in [0, 0.1) is 0 Å². The summed E-state index contributed by atoms with van der Waals surface area (Å²) in [5.74, 6) is 0. The van der Waals surface area contributed by atoms with Crippen molar-refractivity contribution >= 4 is 27.5 Å². The second-order valence-electron chi connectivity index (χ2n) is 3.10. The lowest BCUT2D eigenvalue weighted by molar-refractivity contribution is 0.219. The summed E-state index contributed by atoms with van der Waals surface area (Å²) in [6.45, 7) is 0. The number of rotatable bonds is 2. The largest absolute Gasteiger partial charge is 0.472 e. The van der Waals surface area contributed by atoms with Crippen LogP contribution in [-0.4, -0.2) is 5.11 Å². The van der Waals surface area contributed by atoms with Gasteiger partial charge in [0.25, 0.3) is 0 Å². The molecule has 0 saturated heterocycles. The maximum Gasteiger partial charge on any atom is 0.109 e. The number of hydrogen-bond acceptors (Lipinski definition) is 2. The molecule has 2 rings (SSSR count). The molecule has 1 atom stereocenters. The van der Waals surface area contributed by atoms with Gasteiger partial charge in [0, 0.05) is 15.6 Å². The normalized spacial score (nSPS) is 12.7.